The van der Waals surface area contributed by atoms with Gasteiger partial charge in [-0.05, 0) is 35.8 Å². The Balaban J connectivity index is 1.75. The van der Waals surface area contributed by atoms with Crippen LogP contribution >= 0.6 is 0 Å². The highest BCUT2D eigenvalue weighted by molar-refractivity contribution is 5.87. The summed E-state index contributed by atoms with van der Waals surface area (Å²) in [5, 5.41) is 14.4. The smallest absolute Gasteiger partial charge is 0.326 e. The maximum Gasteiger partial charge on any atom is 0.326 e. The van der Waals surface area contributed by atoms with Crippen molar-refractivity contribution < 1.29 is 19.4 Å². The van der Waals surface area contributed by atoms with Crippen molar-refractivity contribution in [2.75, 3.05) is 6.61 Å². The molecule has 1 saturated heterocycles. The van der Waals surface area contributed by atoms with Crippen LogP contribution in [0.5, 0.6) is 5.75 Å². The summed E-state index contributed by atoms with van der Waals surface area (Å²) < 4.78 is 6.12. The number of carboxylic acids is 1. The fraction of sp³-hybridized carbons (Fsp3) is 0.576. The molecule has 4 unspecified atom stereocenters. The second kappa shape index (κ2) is 12.5. The minimum absolute atomic E-state index is 0.00447. The van der Waals surface area contributed by atoms with E-state index < -0.39 is 12.0 Å². The second-order valence-electron chi connectivity index (χ2n) is 12.8. The number of rotatable bonds is 9. The van der Waals surface area contributed by atoms with E-state index in [0.717, 1.165) is 49.0 Å². The molecular weight excluding hydrogens is 488 g/mol. The first kappa shape index (κ1) is 29.1. The minimum atomic E-state index is -0.926. The molecule has 212 valence electrons. The van der Waals surface area contributed by atoms with E-state index in [1.165, 1.54) is 0 Å². The fourth-order valence-corrected chi connectivity index (χ4v) is 6.56. The summed E-state index contributed by atoms with van der Waals surface area (Å²) in [5.41, 5.74) is 1.64. The number of nitrogens with one attached hydrogen (secondary N) is 1. The molecule has 6 heteroatoms. The predicted molar refractivity (Wildman–Crippen MR) is 154 cm³/mol. The number of benzene rings is 2. The van der Waals surface area contributed by atoms with Crippen LogP contribution in [0.1, 0.15) is 83.9 Å². The molecule has 2 aliphatic rings. The third kappa shape index (κ3) is 6.66. The van der Waals surface area contributed by atoms with Gasteiger partial charge in [0, 0.05) is 30.0 Å². The summed E-state index contributed by atoms with van der Waals surface area (Å²) in [4.78, 5) is 29.0. The lowest BCUT2D eigenvalue weighted by Gasteiger charge is -2.36. The quantitative estimate of drug-likeness (QED) is 0.386. The highest BCUT2D eigenvalue weighted by Gasteiger charge is 2.58. The number of nitrogens with zero attached hydrogens (tertiary/aromatic N) is 1. The summed E-state index contributed by atoms with van der Waals surface area (Å²) in [5.74, 6) is -0.0950. The van der Waals surface area contributed by atoms with Crippen LogP contribution in [0.2, 0.25) is 0 Å². The summed E-state index contributed by atoms with van der Waals surface area (Å²) in [6.45, 7) is 11.7. The van der Waals surface area contributed by atoms with E-state index in [0.29, 0.717) is 19.1 Å². The first-order chi connectivity index (χ1) is 18.6. The molecule has 4 atom stereocenters. The second-order valence-corrected chi connectivity index (χ2v) is 12.8. The van der Waals surface area contributed by atoms with Gasteiger partial charge in [0.1, 0.15) is 11.8 Å². The molecule has 0 spiro atoms. The number of amides is 1. The molecule has 4 rings (SSSR count). The molecule has 0 bridgehead atoms. The van der Waals surface area contributed by atoms with Crippen molar-refractivity contribution in [3.8, 4) is 5.75 Å². The number of ether oxygens (including phenoxy) is 1. The molecule has 2 N–H and O–H groups in total. The maximum atomic E-state index is 14.2. The number of para-hydroxylation sites is 1. The van der Waals surface area contributed by atoms with Crippen molar-refractivity contribution in [2.45, 2.75) is 91.4 Å². The molecule has 1 amide bonds. The summed E-state index contributed by atoms with van der Waals surface area (Å²) in [6, 6.07) is 16.5. The van der Waals surface area contributed by atoms with Gasteiger partial charge in [-0.1, -0.05) is 102 Å². The summed E-state index contributed by atoms with van der Waals surface area (Å²) >= 11 is 0. The average molecular weight is 535 g/mol. The Morgan fingerprint density at radius 3 is 2.26 bits per heavy atom. The van der Waals surface area contributed by atoms with E-state index in [1.807, 2.05) is 48.5 Å². The molecule has 2 aromatic carbocycles. The summed E-state index contributed by atoms with van der Waals surface area (Å²) in [7, 11) is 0. The number of carbonyl (C=O) groups is 2. The zero-order chi connectivity index (χ0) is 28.2. The Morgan fingerprint density at radius 1 is 1.00 bits per heavy atom. The summed E-state index contributed by atoms with van der Waals surface area (Å²) in [6.07, 6.45) is 4.86. The van der Waals surface area contributed by atoms with Gasteiger partial charge < -0.3 is 20.1 Å². The molecule has 0 aromatic heterocycles. The minimum Gasteiger partial charge on any atom is -0.493 e. The number of hydrogen-bond donors (Lipinski definition) is 2. The van der Waals surface area contributed by atoms with E-state index in [1.54, 1.807) is 4.90 Å². The fourth-order valence-electron chi connectivity index (χ4n) is 6.56. The van der Waals surface area contributed by atoms with E-state index in [2.05, 4.69) is 46.0 Å². The lowest BCUT2D eigenvalue weighted by atomic mass is 9.72. The van der Waals surface area contributed by atoms with Crippen LogP contribution in [0.15, 0.2) is 54.6 Å². The van der Waals surface area contributed by atoms with Crippen molar-refractivity contribution in [3.05, 3.63) is 65.7 Å². The normalized spacial score (nSPS) is 24.2. The number of hydrogen-bond acceptors (Lipinski definition) is 4. The van der Waals surface area contributed by atoms with Gasteiger partial charge in [-0.2, -0.15) is 0 Å². The van der Waals surface area contributed by atoms with Crippen LogP contribution in [0.25, 0.3) is 0 Å². The lowest BCUT2D eigenvalue weighted by molar-refractivity contribution is -0.154. The standard InChI is InChI=1S/C33H46N2O4/c1-22(2)21-39-26-19-13-12-18-25(26)20-34-28-27(33(3,4)5)30(32(37)38)35(29(28)23-14-8-6-9-15-23)31(36)24-16-10-7-11-17-24/h6,8-9,12-15,18-19,22,24,27-30,34H,7,10-11,16-17,20-21H2,1-5H3,(H,37,38). The van der Waals surface area contributed by atoms with Crippen LogP contribution < -0.4 is 10.1 Å². The monoisotopic (exact) mass is 534 g/mol. The zero-order valence-corrected chi connectivity index (χ0v) is 24.2. The zero-order valence-electron chi connectivity index (χ0n) is 24.2. The third-order valence-corrected chi connectivity index (χ3v) is 8.34. The molecule has 1 aliphatic carbocycles. The molecule has 2 fully saturated rings. The largest absolute Gasteiger partial charge is 0.493 e. The first-order valence-electron chi connectivity index (χ1n) is 14.6. The van der Waals surface area contributed by atoms with Crippen molar-refractivity contribution in [2.24, 2.45) is 23.2 Å². The first-order valence-corrected chi connectivity index (χ1v) is 14.6. The van der Waals surface area contributed by atoms with Gasteiger partial charge in [-0.3, -0.25) is 4.79 Å². The molecular formula is C33H46N2O4. The van der Waals surface area contributed by atoms with Crippen molar-refractivity contribution in [3.63, 3.8) is 0 Å². The van der Waals surface area contributed by atoms with E-state index in [4.69, 9.17) is 4.74 Å². The number of aliphatic carboxylic acids is 1. The Morgan fingerprint density at radius 2 is 1.64 bits per heavy atom. The average Bonchev–Trinajstić information content (AvgIpc) is 3.28. The Bertz CT molecular complexity index is 1100. The van der Waals surface area contributed by atoms with Gasteiger partial charge in [0.25, 0.3) is 0 Å². The van der Waals surface area contributed by atoms with Crippen LogP contribution in [-0.4, -0.2) is 40.6 Å². The molecule has 1 heterocycles. The Kier molecular flexibility index (Phi) is 9.37. The highest BCUT2D eigenvalue weighted by Crippen LogP contribution is 2.49. The maximum absolute atomic E-state index is 14.2. The topological polar surface area (TPSA) is 78.9 Å². The van der Waals surface area contributed by atoms with E-state index >= 15 is 0 Å². The highest BCUT2D eigenvalue weighted by atomic mass is 16.5. The van der Waals surface area contributed by atoms with E-state index in [-0.39, 0.29) is 35.2 Å². The van der Waals surface area contributed by atoms with Gasteiger partial charge in [-0.25, -0.2) is 4.79 Å². The third-order valence-electron chi connectivity index (χ3n) is 8.34. The van der Waals surface area contributed by atoms with Crippen LogP contribution in [-0.2, 0) is 16.1 Å². The Labute approximate surface area is 234 Å². The van der Waals surface area contributed by atoms with E-state index in [9.17, 15) is 14.7 Å². The van der Waals surface area contributed by atoms with Gasteiger partial charge in [0.2, 0.25) is 5.91 Å². The number of carbonyl (C=O) groups excluding carboxylic acids is 1. The molecule has 6 nitrogen and oxygen atoms in total. The SMILES string of the molecule is CC(C)COc1ccccc1CNC1C(c2ccccc2)N(C(=O)C2CCCCC2)C(C(=O)O)C1C(C)(C)C. The van der Waals surface area contributed by atoms with Gasteiger partial charge in [-0.15, -0.1) is 0 Å². The molecule has 39 heavy (non-hydrogen) atoms. The van der Waals surface area contributed by atoms with Crippen molar-refractivity contribution in [1.82, 2.24) is 10.2 Å². The number of likely N-dealkylation sites (tertiary alicyclic amines) is 1. The predicted octanol–water partition coefficient (Wildman–Crippen LogP) is 6.46. The molecule has 1 saturated carbocycles. The van der Waals surface area contributed by atoms with Crippen molar-refractivity contribution in [1.29, 1.82) is 0 Å². The Hall–Kier alpha value is -2.86. The number of carboxylic acid groups (broad SMARTS) is 1. The molecule has 0 radical (unpaired) electrons. The van der Waals surface area contributed by atoms with Crippen LogP contribution in [0.3, 0.4) is 0 Å². The van der Waals surface area contributed by atoms with Gasteiger partial charge in [0.15, 0.2) is 0 Å². The van der Waals surface area contributed by atoms with Gasteiger partial charge in [0.05, 0.1) is 12.6 Å². The molecule has 1 aliphatic heterocycles. The van der Waals surface area contributed by atoms with Crippen LogP contribution in [0.4, 0.5) is 0 Å². The van der Waals surface area contributed by atoms with Crippen LogP contribution in [0, 0.1) is 23.2 Å². The van der Waals surface area contributed by atoms with Crippen molar-refractivity contribution >= 4 is 11.9 Å². The lowest BCUT2D eigenvalue weighted by Crippen LogP contribution is -2.49. The molecule has 2 aromatic rings. The van der Waals surface area contributed by atoms with Gasteiger partial charge >= 0.3 is 5.97 Å².